The molecular weight excluding hydrogens is 1010 g/mol. The van der Waals surface area contributed by atoms with E-state index in [1.54, 1.807) is 0 Å². The van der Waals surface area contributed by atoms with Crippen molar-refractivity contribution in [2.45, 2.75) is 190 Å². The Hall–Kier alpha value is -1.77. The van der Waals surface area contributed by atoms with E-state index in [4.69, 9.17) is 61.6 Å². The number of aliphatic hydroxyl groups excluding tert-OH is 18. The van der Waals surface area contributed by atoms with Crippen molar-refractivity contribution in [1.82, 2.24) is 0 Å². The number of esters is 1. The van der Waals surface area contributed by atoms with Crippen LogP contribution in [0, 0.1) is 0 Å². The Kier molecular flexibility index (Phi) is 20.5. The number of ether oxygens (including phenoxy) is 14. The highest BCUT2D eigenvalue weighted by Crippen LogP contribution is 2.38. The molecule has 12 bridgehead atoms. The molecule has 0 aliphatic carbocycles. The second kappa shape index (κ2) is 25.4. The quantitative estimate of drug-likeness (QED) is 0.0903. The first-order valence-electron chi connectivity index (χ1n) is 23.1. The van der Waals surface area contributed by atoms with E-state index in [9.17, 15) is 96.7 Å². The number of methoxy groups -OCH3 is 1. The molecule has 22 fully saturated rings. The minimum absolute atomic E-state index is 0.922. The summed E-state index contributed by atoms with van der Waals surface area (Å²) in [5, 5.41) is 198. The molecule has 31 atom stereocenters. The molecule has 22 saturated heterocycles. The van der Waals surface area contributed by atoms with E-state index in [1.807, 2.05) is 0 Å². The minimum Gasteiger partial charge on any atom is -0.467 e. The third kappa shape index (κ3) is 11.8. The van der Waals surface area contributed by atoms with Gasteiger partial charge in [-0.25, -0.2) is 4.79 Å². The van der Waals surface area contributed by atoms with Crippen LogP contribution >= 0.6 is 0 Å². The monoisotopic (exact) mass is 1070 g/mol. The van der Waals surface area contributed by atoms with Crippen LogP contribution in [0.3, 0.4) is 0 Å². The van der Waals surface area contributed by atoms with Crippen LogP contribution in [0.2, 0.25) is 0 Å². The molecule has 73 heavy (non-hydrogen) atoms. The largest absolute Gasteiger partial charge is 0.467 e. The van der Waals surface area contributed by atoms with E-state index in [0.29, 0.717) is 0 Å². The number of carbonyl (C=O) groups excluding carboxylic acids is 1. The van der Waals surface area contributed by atoms with Crippen LogP contribution in [-0.2, 0) is 71.1 Å². The maximum atomic E-state index is 12.7. The summed E-state index contributed by atoms with van der Waals surface area (Å²) < 4.78 is 79.2. The molecule has 22 aliphatic heterocycles. The highest BCUT2D eigenvalue weighted by Gasteiger charge is 2.59. The van der Waals surface area contributed by atoms with Gasteiger partial charge < -0.3 is 158 Å². The lowest BCUT2D eigenvalue weighted by Crippen LogP contribution is -2.69. The Morgan fingerprint density at radius 3 is 0.781 bits per heavy atom. The molecule has 33 nitrogen and oxygen atoms in total. The standard InChI is InChI=1S/C40H66O33/c1-60-34(59)15(8-47)61-33-26(58)40-67-14(7-46)32(33)73-39-25(57)20(52)30(12(5-44)66-39)71-37-23(55)18(50)28(10(3-42)64-37)69-35-21(53)16(48)27(9(2-41)62-35)68-36-22(54)17(49)29(11(4-43)63-36)70-38-24(56)19(51)31(72-40)13(6-45)65-38/h9-33,35-58H,2-8H2,1H3/t9-,10-,11-,12-,13-,14-,15?,16-,17-,18-,19-,20-,21-,22-,23-,24-,25-,26-,27-,28-,29-,30-,31-,32+,33-,35-,36-,37-,38-,39-,40-/m1/s1. The summed E-state index contributed by atoms with van der Waals surface area (Å²) >= 11 is 0. The molecule has 22 rings (SSSR count). The molecule has 18 N–H and O–H groups in total. The zero-order chi connectivity index (χ0) is 53.3. The maximum Gasteiger partial charge on any atom is 0.337 e. The predicted molar refractivity (Wildman–Crippen MR) is 218 cm³/mol. The summed E-state index contributed by atoms with van der Waals surface area (Å²) in [7, 11) is 0.922. The summed E-state index contributed by atoms with van der Waals surface area (Å²) in [6, 6.07) is 0. The summed E-state index contributed by atoms with van der Waals surface area (Å²) in [5.74, 6) is -1.21. The van der Waals surface area contributed by atoms with Gasteiger partial charge in [0.25, 0.3) is 0 Å². The van der Waals surface area contributed by atoms with Gasteiger partial charge in [0.15, 0.2) is 43.8 Å². The van der Waals surface area contributed by atoms with Gasteiger partial charge in [0.1, 0.15) is 146 Å². The van der Waals surface area contributed by atoms with Crippen molar-refractivity contribution in [2.24, 2.45) is 0 Å². The number of hydrogen-bond donors (Lipinski definition) is 18. The molecule has 0 amide bonds. The first-order valence-corrected chi connectivity index (χ1v) is 23.1. The van der Waals surface area contributed by atoms with Crippen LogP contribution in [0.25, 0.3) is 0 Å². The Morgan fingerprint density at radius 2 is 0.562 bits per heavy atom. The van der Waals surface area contributed by atoms with Crippen molar-refractivity contribution in [3.63, 3.8) is 0 Å². The molecule has 22 heterocycles. The van der Waals surface area contributed by atoms with Gasteiger partial charge in [-0.3, -0.25) is 0 Å². The van der Waals surface area contributed by atoms with Crippen molar-refractivity contribution in [1.29, 1.82) is 0 Å². The van der Waals surface area contributed by atoms with Crippen LogP contribution in [0.4, 0.5) is 0 Å². The third-order valence-corrected chi connectivity index (χ3v) is 13.6. The van der Waals surface area contributed by atoms with E-state index in [2.05, 4.69) is 4.74 Å². The average molecular weight is 1070 g/mol. The second-order valence-electron chi connectivity index (χ2n) is 18.1. The summed E-state index contributed by atoms with van der Waals surface area (Å²) in [4.78, 5) is 12.7. The fourth-order valence-electron chi connectivity index (χ4n) is 9.56. The van der Waals surface area contributed by atoms with E-state index in [-0.39, 0.29) is 0 Å². The van der Waals surface area contributed by atoms with Crippen molar-refractivity contribution in [3.05, 3.63) is 0 Å². The molecule has 0 aromatic heterocycles. The first kappa shape index (κ1) is 58.9. The zero-order valence-electron chi connectivity index (χ0n) is 38.5. The van der Waals surface area contributed by atoms with Gasteiger partial charge in [-0.1, -0.05) is 0 Å². The molecule has 424 valence electrons. The molecule has 0 aromatic rings. The molecule has 1 unspecified atom stereocenters. The Labute approximate surface area is 412 Å². The highest BCUT2D eigenvalue weighted by atomic mass is 16.8. The number of hydrogen-bond acceptors (Lipinski definition) is 33. The van der Waals surface area contributed by atoms with Crippen LogP contribution in [-0.4, -0.2) is 342 Å². The number of carbonyl (C=O) groups is 1. The summed E-state index contributed by atoms with van der Waals surface area (Å²) in [6.45, 7) is -7.41. The highest BCUT2D eigenvalue weighted by molar-refractivity contribution is 5.74. The fraction of sp³-hybridized carbons (Fsp3) is 0.975. The zero-order valence-corrected chi connectivity index (χ0v) is 38.5. The number of rotatable bonds is 10. The van der Waals surface area contributed by atoms with Gasteiger partial charge in [0, 0.05) is 0 Å². The lowest BCUT2D eigenvalue weighted by Gasteiger charge is -2.51. The van der Waals surface area contributed by atoms with Gasteiger partial charge in [0.2, 0.25) is 0 Å². The summed E-state index contributed by atoms with van der Waals surface area (Å²) in [5.41, 5.74) is 0. The van der Waals surface area contributed by atoms with Crippen LogP contribution in [0.15, 0.2) is 0 Å². The van der Waals surface area contributed by atoms with Crippen LogP contribution in [0.5, 0.6) is 0 Å². The Balaban J connectivity index is 1.24. The van der Waals surface area contributed by atoms with E-state index in [1.165, 1.54) is 0 Å². The van der Waals surface area contributed by atoms with Crippen molar-refractivity contribution >= 4 is 5.97 Å². The van der Waals surface area contributed by atoms with Gasteiger partial charge in [-0.2, -0.15) is 0 Å². The smallest absolute Gasteiger partial charge is 0.337 e. The van der Waals surface area contributed by atoms with E-state index >= 15 is 0 Å². The Morgan fingerprint density at radius 1 is 0.342 bits per heavy atom. The Bertz CT molecular complexity index is 1710. The molecule has 22 aliphatic rings. The molecular formula is C40H66O33. The van der Waals surface area contributed by atoms with Crippen LogP contribution < -0.4 is 0 Å². The molecule has 0 saturated carbocycles. The molecule has 0 spiro atoms. The summed E-state index contributed by atoms with van der Waals surface area (Å²) in [6.07, 6.45) is -62.2. The van der Waals surface area contributed by atoms with Crippen molar-refractivity contribution in [3.8, 4) is 0 Å². The SMILES string of the molecule is COC(=O)C(CO)O[C@@H]1[C@@H](O)[C@H]2O[C@H]3[C@H](O)[C@@H](O)[C@@H](O[C@H]4[C@H](O)[C@@H](O)[C@@H](O[C@H]5[C@H](O)[C@@H](O)[C@@H](O[C@H]6[C@H](O)[C@@H](O)[C@@H](O[C@H]7[C@H](O)[C@@H](O)[C@@H](O[C@H]1[C@@H](CO)O2)O[C@@H]7CO)O[C@@H]6CO)O[C@@H]5CO)O[C@@H]4CO)O[C@@H]3CO. The van der Waals surface area contributed by atoms with E-state index in [0.717, 1.165) is 7.11 Å². The minimum atomic E-state index is -2.25. The van der Waals surface area contributed by atoms with Crippen molar-refractivity contribution < 1.29 is 163 Å². The third-order valence-electron chi connectivity index (χ3n) is 13.6. The van der Waals surface area contributed by atoms with Gasteiger partial charge in [0.05, 0.1) is 53.4 Å². The first-order chi connectivity index (χ1) is 34.8. The van der Waals surface area contributed by atoms with E-state index < -0.39 is 243 Å². The maximum absolute atomic E-state index is 12.7. The fourth-order valence-corrected chi connectivity index (χ4v) is 9.56. The van der Waals surface area contributed by atoms with Gasteiger partial charge >= 0.3 is 5.97 Å². The molecule has 0 aromatic carbocycles. The van der Waals surface area contributed by atoms with Crippen molar-refractivity contribution in [2.75, 3.05) is 53.4 Å². The van der Waals surface area contributed by atoms with Gasteiger partial charge in [-0.15, -0.1) is 0 Å². The predicted octanol–water partition coefficient (Wildman–Crippen LogP) is -13.5. The topological polar surface area (TPSA) is 510 Å². The molecule has 33 heteroatoms. The lowest BCUT2D eigenvalue weighted by atomic mass is 9.94. The normalized spacial score (nSPS) is 51.5. The van der Waals surface area contributed by atoms with Crippen LogP contribution in [0.1, 0.15) is 0 Å². The number of aliphatic hydroxyl groups is 18. The second-order valence-corrected chi connectivity index (χ2v) is 18.1. The lowest BCUT2D eigenvalue weighted by molar-refractivity contribution is -0.405. The van der Waals surface area contributed by atoms with Gasteiger partial charge in [-0.05, 0) is 0 Å². The average Bonchev–Trinajstić information content (AvgIpc) is 3.39. The molecule has 0 radical (unpaired) electrons.